The van der Waals surface area contributed by atoms with E-state index >= 15 is 0 Å². The molecule has 0 saturated carbocycles. The van der Waals surface area contributed by atoms with Gasteiger partial charge >= 0.3 is 0 Å². The number of ether oxygens (including phenoxy) is 1. The van der Waals surface area contributed by atoms with Crippen molar-refractivity contribution in [2.45, 2.75) is 33.8 Å². The van der Waals surface area contributed by atoms with Gasteiger partial charge < -0.3 is 9.84 Å². The molecule has 1 fully saturated rings. The molecule has 1 saturated heterocycles. The van der Waals surface area contributed by atoms with Crippen molar-refractivity contribution in [3.63, 3.8) is 0 Å². The maximum Gasteiger partial charge on any atom is 0.0615 e. The Kier molecular flexibility index (Phi) is 2.68. The van der Waals surface area contributed by atoms with Crippen LogP contribution in [0.3, 0.4) is 0 Å². The Morgan fingerprint density at radius 3 is 2.73 bits per heavy atom. The van der Waals surface area contributed by atoms with Gasteiger partial charge in [-0.1, -0.05) is 25.5 Å². The van der Waals surface area contributed by atoms with Crippen LogP contribution in [0.2, 0.25) is 0 Å². The van der Waals surface area contributed by atoms with E-state index in [0.717, 1.165) is 0 Å². The van der Waals surface area contributed by atoms with E-state index in [1.54, 1.807) is 0 Å². The molecule has 1 aliphatic heterocycles. The Morgan fingerprint density at radius 1 is 1.47 bits per heavy atom. The van der Waals surface area contributed by atoms with Crippen molar-refractivity contribution in [3.05, 3.63) is 11.6 Å². The third-order valence-electron chi connectivity index (χ3n) is 4.81. The molecule has 2 bridgehead atoms. The van der Waals surface area contributed by atoms with E-state index in [-0.39, 0.29) is 12.0 Å². The Balaban J connectivity index is 2.43. The molecule has 2 aliphatic rings. The molecule has 5 atom stereocenters. The van der Waals surface area contributed by atoms with Crippen molar-refractivity contribution >= 4 is 0 Å². The summed E-state index contributed by atoms with van der Waals surface area (Å²) in [5.41, 5.74) is 1.39. The van der Waals surface area contributed by atoms with E-state index in [4.69, 9.17) is 4.74 Å². The average Bonchev–Trinajstić information content (AvgIpc) is 2.17. The van der Waals surface area contributed by atoms with Crippen LogP contribution in [0, 0.1) is 23.2 Å². The van der Waals surface area contributed by atoms with Gasteiger partial charge in [-0.15, -0.1) is 0 Å². The topological polar surface area (TPSA) is 29.5 Å². The second-order valence-electron chi connectivity index (χ2n) is 5.42. The fraction of sp³-hybridized carbons (Fsp3) is 0.846. The molecule has 0 aromatic carbocycles. The summed E-state index contributed by atoms with van der Waals surface area (Å²) < 4.78 is 5.85. The summed E-state index contributed by atoms with van der Waals surface area (Å²) in [6.45, 7) is 9.76. The highest BCUT2D eigenvalue weighted by molar-refractivity contribution is 5.20. The molecular formula is C13H22O2. The van der Waals surface area contributed by atoms with Crippen LogP contribution in [0.1, 0.15) is 27.7 Å². The van der Waals surface area contributed by atoms with E-state index < -0.39 is 0 Å². The maximum atomic E-state index is 9.70. The monoisotopic (exact) mass is 210 g/mol. The van der Waals surface area contributed by atoms with Gasteiger partial charge in [-0.2, -0.15) is 0 Å². The number of hydrogen-bond donors (Lipinski definition) is 1. The molecule has 0 unspecified atom stereocenters. The molecule has 86 valence electrons. The van der Waals surface area contributed by atoms with Gasteiger partial charge in [-0.3, -0.25) is 0 Å². The van der Waals surface area contributed by atoms with E-state index in [2.05, 4.69) is 33.8 Å². The van der Waals surface area contributed by atoms with Crippen LogP contribution in [0.25, 0.3) is 0 Å². The number of aliphatic hydroxyl groups excluding tert-OH is 1. The molecule has 0 radical (unpaired) electrons. The molecule has 1 heterocycles. The molecule has 15 heavy (non-hydrogen) atoms. The molecule has 2 rings (SSSR count). The third-order valence-corrected chi connectivity index (χ3v) is 4.81. The highest BCUT2D eigenvalue weighted by Crippen LogP contribution is 2.51. The fourth-order valence-electron chi connectivity index (χ4n) is 3.60. The Morgan fingerprint density at radius 2 is 2.13 bits per heavy atom. The summed E-state index contributed by atoms with van der Waals surface area (Å²) in [4.78, 5) is 0. The van der Waals surface area contributed by atoms with Gasteiger partial charge in [0.25, 0.3) is 0 Å². The SMILES string of the molecule is CC1=C[C@H](C)[C@]2(CO)CO[C@@H](C)[C@H]1[C@H]2C. The summed E-state index contributed by atoms with van der Waals surface area (Å²) in [6, 6.07) is 0. The van der Waals surface area contributed by atoms with Crippen molar-refractivity contribution in [2.75, 3.05) is 13.2 Å². The summed E-state index contributed by atoms with van der Waals surface area (Å²) in [6.07, 6.45) is 2.63. The van der Waals surface area contributed by atoms with Crippen molar-refractivity contribution in [1.29, 1.82) is 0 Å². The zero-order valence-corrected chi connectivity index (χ0v) is 10.2. The molecule has 2 heteroatoms. The second-order valence-corrected chi connectivity index (χ2v) is 5.42. The molecule has 0 aromatic rings. The Bertz CT molecular complexity index is 284. The zero-order valence-electron chi connectivity index (χ0n) is 10.2. The quantitative estimate of drug-likeness (QED) is 0.673. The zero-order chi connectivity index (χ0) is 11.2. The number of fused-ring (bicyclic) bond motifs is 2. The number of allylic oxidation sites excluding steroid dienone is 1. The summed E-state index contributed by atoms with van der Waals surface area (Å²) >= 11 is 0. The fourth-order valence-corrected chi connectivity index (χ4v) is 3.60. The Labute approximate surface area is 92.3 Å². The predicted molar refractivity (Wildman–Crippen MR) is 60.5 cm³/mol. The van der Waals surface area contributed by atoms with Crippen molar-refractivity contribution in [2.24, 2.45) is 23.2 Å². The van der Waals surface area contributed by atoms with E-state index in [1.807, 2.05) is 0 Å². The van der Waals surface area contributed by atoms with Gasteiger partial charge in [0, 0.05) is 11.3 Å². The van der Waals surface area contributed by atoms with Crippen LogP contribution < -0.4 is 0 Å². The lowest BCUT2D eigenvalue weighted by molar-refractivity contribution is -0.157. The number of aliphatic hydroxyl groups is 1. The lowest BCUT2D eigenvalue weighted by Crippen LogP contribution is -2.55. The van der Waals surface area contributed by atoms with Gasteiger partial charge in [0.1, 0.15) is 0 Å². The first-order valence-corrected chi connectivity index (χ1v) is 5.93. The van der Waals surface area contributed by atoms with Crippen LogP contribution in [0.4, 0.5) is 0 Å². The molecule has 1 N–H and O–H groups in total. The van der Waals surface area contributed by atoms with Gasteiger partial charge in [0.15, 0.2) is 0 Å². The first-order valence-electron chi connectivity index (χ1n) is 5.93. The van der Waals surface area contributed by atoms with Crippen molar-refractivity contribution < 1.29 is 9.84 Å². The smallest absolute Gasteiger partial charge is 0.0615 e. The standard InChI is InChI=1S/C13H22O2/c1-8-5-9(2)13(6-14)7-15-11(4)12(8)10(13)3/h5,9-12,14H,6-7H2,1-4H3/t9-,10+,11-,12+,13-/m0/s1. The lowest BCUT2D eigenvalue weighted by Gasteiger charge is -2.54. The first-order chi connectivity index (χ1) is 7.03. The van der Waals surface area contributed by atoms with Crippen LogP contribution in [-0.4, -0.2) is 24.4 Å². The highest BCUT2D eigenvalue weighted by atomic mass is 16.5. The van der Waals surface area contributed by atoms with E-state index in [0.29, 0.717) is 30.5 Å². The molecule has 0 spiro atoms. The van der Waals surface area contributed by atoms with Crippen LogP contribution in [0.15, 0.2) is 11.6 Å². The van der Waals surface area contributed by atoms with Gasteiger partial charge in [-0.05, 0) is 25.7 Å². The number of rotatable bonds is 1. The van der Waals surface area contributed by atoms with Crippen molar-refractivity contribution in [1.82, 2.24) is 0 Å². The summed E-state index contributed by atoms with van der Waals surface area (Å²) in [5, 5.41) is 9.70. The first kappa shape index (κ1) is 11.2. The highest BCUT2D eigenvalue weighted by Gasteiger charge is 2.51. The lowest BCUT2D eigenvalue weighted by atomic mass is 9.56. The van der Waals surface area contributed by atoms with Gasteiger partial charge in [0.05, 0.1) is 19.3 Å². The second kappa shape index (κ2) is 3.60. The van der Waals surface area contributed by atoms with E-state index in [9.17, 15) is 5.11 Å². The summed E-state index contributed by atoms with van der Waals surface area (Å²) in [5.74, 6) is 1.43. The molecular weight excluding hydrogens is 188 g/mol. The summed E-state index contributed by atoms with van der Waals surface area (Å²) in [7, 11) is 0. The van der Waals surface area contributed by atoms with Crippen molar-refractivity contribution in [3.8, 4) is 0 Å². The molecule has 2 nitrogen and oxygen atoms in total. The number of hydrogen-bond acceptors (Lipinski definition) is 2. The average molecular weight is 210 g/mol. The Hall–Kier alpha value is -0.340. The molecule has 0 amide bonds. The van der Waals surface area contributed by atoms with Gasteiger partial charge in [-0.25, -0.2) is 0 Å². The molecule has 0 aromatic heterocycles. The molecule has 1 aliphatic carbocycles. The maximum absolute atomic E-state index is 9.70. The minimum atomic E-state index is -0.0450. The third kappa shape index (κ3) is 1.38. The van der Waals surface area contributed by atoms with Gasteiger partial charge in [0.2, 0.25) is 0 Å². The predicted octanol–water partition coefficient (Wildman–Crippen LogP) is 2.23. The van der Waals surface area contributed by atoms with Crippen LogP contribution >= 0.6 is 0 Å². The van der Waals surface area contributed by atoms with Crippen LogP contribution in [-0.2, 0) is 4.74 Å². The van der Waals surface area contributed by atoms with Crippen LogP contribution in [0.5, 0.6) is 0 Å². The largest absolute Gasteiger partial charge is 0.396 e. The minimum absolute atomic E-state index is 0.0450. The van der Waals surface area contributed by atoms with E-state index in [1.165, 1.54) is 5.57 Å². The minimum Gasteiger partial charge on any atom is -0.396 e. The normalized spacial score (nSPS) is 50.1.